The van der Waals surface area contributed by atoms with E-state index in [1.54, 1.807) is 11.3 Å². The van der Waals surface area contributed by atoms with Gasteiger partial charge in [0, 0.05) is 30.2 Å². The van der Waals surface area contributed by atoms with Crippen LogP contribution in [0.2, 0.25) is 0 Å². The number of aromatic nitrogens is 1. The van der Waals surface area contributed by atoms with Crippen LogP contribution in [0.4, 0.5) is 5.13 Å². The van der Waals surface area contributed by atoms with Gasteiger partial charge in [0.1, 0.15) is 0 Å². The van der Waals surface area contributed by atoms with Gasteiger partial charge in [0.2, 0.25) is 0 Å². The Bertz CT molecular complexity index is 356. The number of rotatable bonds is 5. The van der Waals surface area contributed by atoms with E-state index >= 15 is 0 Å². The van der Waals surface area contributed by atoms with Crippen LogP contribution in [-0.2, 0) is 6.54 Å². The Morgan fingerprint density at radius 3 is 2.78 bits per heavy atom. The van der Waals surface area contributed by atoms with Gasteiger partial charge < -0.3 is 5.32 Å². The summed E-state index contributed by atoms with van der Waals surface area (Å²) >= 11 is 1.79. The van der Waals surface area contributed by atoms with Crippen LogP contribution in [0.3, 0.4) is 0 Å². The molecule has 0 bridgehead atoms. The molecule has 0 spiro atoms. The molecule has 1 fully saturated rings. The van der Waals surface area contributed by atoms with Crippen molar-refractivity contribution in [3.8, 4) is 0 Å². The highest BCUT2D eigenvalue weighted by Gasteiger charge is 2.21. The SMILES string of the molecule is CCNc1ncc(CN(C)C2CCC(C)CC2)s1. The summed E-state index contributed by atoms with van der Waals surface area (Å²) in [5, 5.41) is 4.33. The molecule has 1 aromatic heterocycles. The van der Waals surface area contributed by atoms with Gasteiger partial charge in [-0.15, -0.1) is 11.3 Å². The summed E-state index contributed by atoms with van der Waals surface area (Å²) in [6.45, 7) is 6.48. The first-order valence-corrected chi connectivity index (χ1v) is 7.89. The van der Waals surface area contributed by atoms with Gasteiger partial charge in [0.25, 0.3) is 0 Å². The van der Waals surface area contributed by atoms with Crippen molar-refractivity contribution in [2.24, 2.45) is 5.92 Å². The number of nitrogens with one attached hydrogen (secondary N) is 1. The highest BCUT2D eigenvalue weighted by atomic mass is 32.1. The summed E-state index contributed by atoms with van der Waals surface area (Å²) in [5.74, 6) is 0.929. The summed E-state index contributed by atoms with van der Waals surface area (Å²) in [7, 11) is 2.26. The molecule has 102 valence electrons. The molecule has 1 N–H and O–H groups in total. The largest absolute Gasteiger partial charge is 0.362 e. The first-order chi connectivity index (χ1) is 8.69. The Morgan fingerprint density at radius 2 is 2.11 bits per heavy atom. The third kappa shape index (κ3) is 3.69. The second kappa shape index (κ2) is 6.53. The Hall–Kier alpha value is -0.610. The van der Waals surface area contributed by atoms with Crippen molar-refractivity contribution in [3.63, 3.8) is 0 Å². The van der Waals surface area contributed by atoms with Crippen LogP contribution in [0, 0.1) is 5.92 Å². The van der Waals surface area contributed by atoms with Crippen molar-refractivity contribution in [1.29, 1.82) is 0 Å². The summed E-state index contributed by atoms with van der Waals surface area (Å²) in [6, 6.07) is 0.769. The molecular formula is C14H25N3S. The van der Waals surface area contributed by atoms with Gasteiger partial charge in [0.15, 0.2) is 5.13 Å². The maximum absolute atomic E-state index is 4.40. The number of anilines is 1. The molecule has 1 aliphatic carbocycles. The van der Waals surface area contributed by atoms with E-state index in [4.69, 9.17) is 0 Å². The zero-order valence-corrected chi connectivity index (χ0v) is 12.6. The molecule has 0 saturated heterocycles. The monoisotopic (exact) mass is 267 g/mol. The van der Waals surface area contributed by atoms with Crippen molar-refractivity contribution in [1.82, 2.24) is 9.88 Å². The van der Waals surface area contributed by atoms with Gasteiger partial charge in [-0.25, -0.2) is 4.98 Å². The van der Waals surface area contributed by atoms with Gasteiger partial charge >= 0.3 is 0 Å². The van der Waals surface area contributed by atoms with Gasteiger partial charge in [-0.3, -0.25) is 4.90 Å². The Morgan fingerprint density at radius 1 is 1.39 bits per heavy atom. The molecule has 3 nitrogen and oxygen atoms in total. The van der Waals surface area contributed by atoms with Crippen molar-refractivity contribution in [2.45, 2.75) is 52.1 Å². The smallest absolute Gasteiger partial charge is 0.182 e. The van der Waals surface area contributed by atoms with Crippen molar-refractivity contribution in [3.05, 3.63) is 11.1 Å². The van der Waals surface area contributed by atoms with Gasteiger partial charge in [-0.05, 0) is 45.6 Å². The van der Waals surface area contributed by atoms with E-state index in [2.05, 4.69) is 36.1 Å². The molecule has 1 aliphatic rings. The first kappa shape index (κ1) is 13.8. The Kier molecular flexibility index (Phi) is 5.01. The highest BCUT2D eigenvalue weighted by Crippen LogP contribution is 2.28. The maximum Gasteiger partial charge on any atom is 0.182 e. The number of hydrogen-bond acceptors (Lipinski definition) is 4. The van der Waals surface area contributed by atoms with Crippen LogP contribution in [0.25, 0.3) is 0 Å². The summed E-state index contributed by atoms with van der Waals surface area (Å²) < 4.78 is 0. The van der Waals surface area contributed by atoms with Gasteiger partial charge in [-0.2, -0.15) is 0 Å². The maximum atomic E-state index is 4.40. The third-order valence-corrected chi connectivity index (χ3v) is 4.84. The molecule has 0 aliphatic heterocycles. The fraction of sp³-hybridized carbons (Fsp3) is 0.786. The lowest BCUT2D eigenvalue weighted by Crippen LogP contribution is -2.34. The molecular weight excluding hydrogens is 242 g/mol. The lowest BCUT2D eigenvalue weighted by molar-refractivity contribution is 0.165. The fourth-order valence-corrected chi connectivity index (χ4v) is 3.62. The standard InChI is InChI=1S/C14H25N3S/c1-4-15-14-16-9-13(18-14)10-17(3)12-7-5-11(2)6-8-12/h9,11-12H,4-8,10H2,1-3H3,(H,15,16). The number of hydrogen-bond donors (Lipinski definition) is 1. The highest BCUT2D eigenvalue weighted by molar-refractivity contribution is 7.15. The molecule has 2 rings (SSSR count). The Balaban J connectivity index is 1.84. The molecule has 4 heteroatoms. The van der Waals surface area contributed by atoms with Crippen LogP contribution in [-0.4, -0.2) is 29.5 Å². The van der Waals surface area contributed by atoms with Crippen molar-refractivity contribution >= 4 is 16.5 Å². The van der Waals surface area contributed by atoms with Crippen LogP contribution in [0.15, 0.2) is 6.20 Å². The fourth-order valence-electron chi connectivity index (χ4n) is 2.67. The minimum Gasteiger partial charge on any atom is -0.362 e. The molecule has 0 radical (unpaired) electrons. The zero-order valence-electron chi connectivity index (χ0n) is 11.8. The zero-order chi connectivity index (χ0) is 13.0. The second-order valence-corrected chi connectivity index (χ2v) is 6.61. The molecule has 1 aromatic rings. The molecule has 18 heavy (non-hydrogen) atoms. The van der Waals surface area contributed by atoms with E-state index in [9.17, 15) is 0 Å². The second-order valence-electron chi connectivity index (χ2n) is 5.49. The normalized spacial score (nSPS) is 24.4. The minimum absolute atomic E-state index is 0.769. The lowest BCUT2D eigenvalue weighted by Gasteiger charge is -2.33. The molecule has 1 heterocycles. The molecule has 0 aromatic carbocycles. The van der Waals surface area contributed by atoms with Crippen LogP contribution in [0.1, 0.15) is 44.4 Å². The van der Waals surface area contributed by atoms with Crippen molar-refractivity contribution in [2.75, 3.05) is 18.9 Å². The number of thiazole rings is 1. The number of nitrogens with zero attached hydrogens (tertiary/aromatic N) is 2. The molecule has 0 unspecified atom stereocenters. The minimum atomic E-state index is 0.769. The van der Waals surface area contributed by atoms with Gasteiger partial charge in [0.05, 0.1) is 0 Å². The van der Waals surface area contributed by atoms with Crippen LogP contribution >= 0.6 is 11.3 Å². The average molecular weight is 267 g/mol. The predicted molar refractivity (Wildman–Crippen MR) is 79.2 cm³/mol. The van der Waals surface area contributed by atoms with Gasteiger partial charge in [-0.1, -0.05) is 6.92 Å². The molecule has 0 atom stereocenters. The summed E-state index contributed by atoms with van der Waals surface area (Å²) in [4.78, 5) is 8.27. The van der Waals surface area contributed by atoms with Crippen LogP contribution < -0.4 is 5.32 Å². The third-order valence-electron chi connectivity index (χ3n) is 3.90. The van der Waals surface area contributed by atoms with E-state index in [1.807, 2.05) is 6.20 Å². The first-order valence-electron chi connectivity index (χ1n) is 7.07. The van der Waals surface area contributed by atoms with Crippen LogP contribution in [0.5, 0.6) is 0 Å². The predicted octanol–water partition coefficient (Wildman–Crippen LogP) is 3.59. The average Bonchev–Trinajstić information content (AvgIpc) is 2.78. The van der Waals surface area contributed by atoms with E-state index in [1.165, 1.54) is 30.6 Å². The van der Waals surface area contributed by atoms with E-state index in [0.29, 0.717) is 0 Å². The molecule has 0 amide bonds. The van der Waals surface area contributed by atoms with E-state index in [0.717, 1.165) is 30.2 Å². The molecule has 1 saturated carbocycles. The Labute approximate surface area is 115 Å². The van der Waals surface area contributed by atoms with Crippen molar-refractivity contribution < 1.29 is 0 Å². The van der Waals surface area contributed by atoms with E-state index < -0.39 is 0 Å². The quantitative estimate of drug-likeness (QED) is 0.883. The summed E-state index contributed by atoms with van der Waals surface area (Å²) in [6.07, 6.45) is 7.51. The van der Waals surface area contributed by atoms with E-state index in [-0.39, 0.29) is 0 Å². The topological polar surface area (TPSA) is 28.2 Å². The summed E-state index contributed by atoms with van der Waals surface area (Å²) in [5.41, 5.74) is 0. The lowest BCUT2D eigenvalue weighted by atomic mass is 9.87.